The first-order chi connectivity index (χ1) is 14.4. The normalized spacial score (nSPS) is 41.0. The predicted octanol–water partition coefficient (Wildman–Crippen LogP) is -2.89. The Kier molecular flexibility index (Phi) is 11.2. The maximum atomic E-state index is 11.1. The molecule has 0 spiro atoms. The number of rotatable bonds is 5. The summed E-state index contributed by atoms with van der Waals surface area (Å²) in [4.78, 5) is 11.1. The van der Waals surface area contributed by atoms with Crippen LogP contribution in [0.5, 0.6) is 0 Å². The van der Waals surface area contributed by atoms with Crippen LogP contribution in [-0.4, -0.2) is 116 Å². The fraction of sp³-hybridized carbons (Fsp3) is 0.950. The molecule has 1 amide bonds. The van der Waals surface area contributed by atoms with Gasteiger partial charge in [0.05, 0.1) is 31.5 Å². The van der Waals surface area contributed by atoms with E-state index in [0.29, 0.717) is 0 Å². The molecule has 0 radical (unpaired) electrons. The molecule has 0 aromatic carbocycles. The lowest BCUT2D eigenvalue weighted by molar-refractivity contribution is -0.238. The zero-order chi connectivity index (χ0) is 24.0. The third-order valence-corrected chi connectivity index (χ3v) is 5.58. The first kappa shape index (κ1) is 28.1. The summed E-state index contributed by atoms with van der Waals surface area (Å²) in [6.45, 7) is 8.06. The molecule has 31 heavy (non-hydrogen) atoms. The van der Waals surface area contributed by atoms with Gasteiger partial charge < -0.3 is 50.5 Å². The minimum Gasteiger partial charge on any atom is -0.394 e. The fourth-order valence-corrected chi connectivity index (χ4v) is 3.80. The molecule has 2 heterocycles. The van der Waals surface area contributed by atoms with Crippen molar-refractivity contribution in [1.82, 2.24) is 5.32 Å². The summed E-state index contributed by atoms with van der Waals surface area (Å²) in [6, 6.07) is -0.662. The molecule has 4 unspecified atom stereocenters. The van der Waals surface area contributed by atoms with Crippen molar-refractivity contribution >= 4 is 5.91 Å². The van der Waals surface area contributed by atoms with Crippen LogP contribution in [0.15, 0.2) is 0 Å². The molecule has 11 heteroatoms. The van der Waals surface area contributed by atoms with Gasteiger partial charge in [0, 0.05) is 6.92 Å². The van der Waals surface area contributed by atoms with E-state index < -0.39 is 61.0 Å². The molecule has 2 aliphatic rings. The average molecular weight is 454 g/mol. The van der Waals surface area contributed by atoms with E-state index in [0.717, 1.165) is 0 Å². The Labute approximate surface area is 182 Å². The van der Waals surface area contributed by atoms with Crippen LogP contribution in [0.2, 0.25) is 0 Å². The molecule has 8 N–H and O–H groups in total. The Bertz CT molecular complexity index is 546. The van der Waals surface area contributed by atoms with Crippen molar-refractivity contribution in [3.8, 4) is 0 Å². The summed E-state index contributed by atoms with van der Waals surface area (Å²) in [7, 11) is 0. The third kappa shape index (κ3) is 7.04. The highest BCUT2D eigenvalue weighted by atomic mass is 16.5. The van der Waals surface area contributed by atoms with Gasteiger partial charge in [0.15, 0.2) is 0 Å². The molecule has 2 saturated heterocycles. The monoisotopic (exact) mass is 453 g/mol. The lowest BCUT2D eigenvalue weighted by Crippen LogP contribution is -2.65. The number of carbonyl (C=O) groups is 1. The fourth-order valence-electron chi connectivity index (χ4n) is 3.80. The Balaban J connectivity index is 0.000000316. The highest BCUT2D eigenvalue weighted by molar-refractivity contribution is 5.73. The van der Waals surface area contributed by atoms with E-state index in [9.17, 15) is 30.3 Å². The van der Waals surface area contributed by atoms with Gasteiger partial charge in [-0.2, -0.15) is 0 Å². The molecule has 184 valence electrons. The minimum atomic E-state index is -1.26. The number of nitrogens with one attached hydrogen (secondary N) is 1. The van der Waals surface area contributed by atoms with Gasteiger partial charge >= 0.3 is 0 Å². The standard InChI is InChI=1S/C11H21NO5.C9H18O5/c1-5(2)11-8(12-6(3)14)10(16)9(15)7(4-13)17-11;1-4(2)9-8(13)7(12)6(11)5(3-10)14-9/h5,7-11,13,15-16H,4H2,1-3H3,(H,12,14);4-13H,3H2,1-2H3/t7?,8?,9-,10+,11+;5?,6-,7-,8?,9+/m00/s1. The first-order valence-electron chi connectivity index (χ1n) is 10.6. The second kappa shape index (κ2) is 12.4. The highest BCUT2D eigenvalue weighted by Gasteiger charge is 2.46. The number of aliphatic hydroxyl groups is 7. The Hall–Kier alpha value is -0.890. The van der Waals surface area contributed by atoms with E-state index in [2.05, 4.69) is 5.32 Å². The first-order valence-corrected chi connectivity index (χ1v) is 10.6. The van der Waals surface area contributed by atoms with E-state index in [4.69, 9.17) is 19.7 Å². The van der Waals surface area contributed by atoms with Crippen molar-refractivity contribution in [2.24, 2.45) is 11.8 Å². The molecule has 0 aliphatic carbocycles. The molecule has 10 atom stereocenters. The van der Waals surface area contributed by atoms with Crippen LogP contribution >= 0.6 is 0 Å². The van der Waals surface area contributed by atoms with Gasteiger partial charge in [0.2, 0.25) is 5.91 Å². The largest absolute Gasteiger partial charge is 0.394 e. The van der Waals surface area contributed by atoms with Crippen molar-refractivity contribution in [3.05, 3.63) is 0 Å². The Morgan fingerprint density at radius 3 is 1.55 bits per heavy atom. The lowest BCUT2D eigenvalue weighted by atomic mass is 9.87. The van der Waals surface area contributed by atoms with Gasteiger partial charge in [-0.1, -0.05) is 27.7 Å². The summed E-state index contributed by atoms with van der Waals surface area (Å²) < 4.78 is 10.8. The van der Waals surface area contributed by atoms with Crippen molar-refractivity contribution in [1.29, 1.82) is 0 Å². The number of ether oxygens (including phenoxy) is 2. The molecule has 2 aliphatic heterocycles. The topological polar surface area (TPSA) is 189 Å². The van der Waals surface area contributed by atoms with Crippen LogP contribution in [0.4, 0.5) is 0 Å². The number of aliphatic hydroxyl groups excluding tert-OH is 7. The van der Waals surface area contributed by atoms with Crippen molar-refractivity contribution < 1.29 is 50.0 Å². The molecule has 2 rings (SSSR count). The molecular formula is C20H39NO10. The van der Waals surface area contributed by atoms with Crippen LogP contribution in [0, 0.1) is 11.8 Å². The predicted molar refractivity (Wildman–Crippen MR) is 109 cm³/mol. The molecule has 0 saturated carbocycles. The number of carbonyl (C=O) groups excluding carboxylic acids is 1. The maximum absolute atomic E-state index is 11.1. The van der Waals surface area contributed by atoms with Gasteiger partial charge in [-0.3, -0.25) is 4.79 Å². The third-order valence-electron chi connectivity index (χ3n) is 5.58. The summed E-state index contributed by atoms with van der Waals surface area (Å²) in [6.07, 6.45) is -8.56. The smallest absolute Gasteiger partial charge is 0.217 e. The van der Waals surface area contributed by atoms with Crippen molar-refractivity contribution in [2.45, 2.75) is 95.6 Å². The van der Waals surface area contributed by atoms with Gasteiger partial charge in [-0.15, -0.1) is 0 Å². The summed E-state index contributed by atoms with van der Waals surface area (Å²) in [5.41, 5.74) is 0. The van der Waals surface area contributed by atoms with Gasteiger partial charge in [-0.25, -0.2) is 0 Å². The zero-order valence-corrected chi connectivity index (χ0v) is 18.7. The second-order valence-electron chi connectivity index (χ2n) is 8.81. The SMILES string of the molecule is CC(=O)NC1[C@@H](C(C)C)OC(CO)[C@H](O)[C@@H]1O.CC(C)[C@H]1OC(CO)[C@H](O)[C@H](O)C1O. The van der Waals surface area contributed by atoms with Gasteiger partial charge in [-0.05, 0) is 11.8 Å². The van der Waals surface area contributed by atoms with Crippen LogP contribution in [0.25, 0.3) is 0 Å². The molecule has 2 fully saturated rings. The van der Waals surface area contributed by atoms with E-state index in [-0.39, 0.29) is 31.0 Å². The van der Waals surface area contributed by atoms with E-state index in [1.54, 1.807) is 0 Å². The summed E-state index contributed by atoms with van der Waals surface area (Å²) in [5.74, 6) is -0.234. The number of amides is 1. The number of hydrogen-bond donors (Lipinski definition) is 8. The summed E-state index contributed by atoms with van der Waals surface area (Å²) in [5, 5.41) is 68.7. The van der Waals surface area contributed by atoms with Gasteiger partial charge in [0.25, 0.3) is 0 Å². The Morgan fingerprint density at radius 2 is 1.16 bits per heavy atom. The van der Waals surface area contributed by atoms with E-state index in [1.807, 2.05) is 27.7 Å². The van der Waals surface area contributed by atoms with Crippen LogP contribution in [-0.2, 0) is 14.3 Å². The molecule has 0 aromatic rings. The highest BCUT2D eigenvalue weighted by Crippen LogP contribution is 2.26. The average Bonchev–Trinajstić information content (AvgIpc) is 2.70. The quantitative estimate of drug-likeness (QED) is 0.215. The second-order valence-corrected chi connectivity index (χ2v) is 8.81. The van der Waals surface area contributed by atoms with E-state index >= 15 is 0 Å². The van der Waals surface area contributed by atoms with Crippen molar-refractivity contribution in [2.75, 3.05) is 13.2 Å². The molecule has 0 aromatic heterocycles. The lowest BCUT2D eigenvalue weighted by Gasteiger charge is -2.44. The van der Waals surface area contributed by atoms with Gasteiger partial charge in [0.1, 0.15) is 42.7 Å². The summed E-state index contributed by atoms with van der Waals surface area (Å²) >= 11 is 0. The molecule has 11 nitrogen and oxygen atoms in total. The number of hydrogen-bond acceptors (Lipinski definition) is 10. The zero-order valence-electron chi connectivity index (χ0n) is 18.7. The van der Waals surface area contributed by atoms with E-state index in [1.165, 1.54) is 6.92 Å². The van der Waals surface area contributed by atoms with Crippen LogP contribution in [0.3, 0.4) is 0 Å². The Morgan fingerprint density at radius 1 is 0.742 bits per heavy atom. The van der Waals surface area contributed by atoms with Crippen molar-refractivity contribution in [3.63, 3.8) is 0 Å². The van der Waals surface area contributed by atoms with Crippen LogP contribution < -0.4 is 5.32 Å². The minimum absolute atomic E-state index is 0.0150. The maximum Gasteiger partial charge on any atom is 0.217 e. The molecular weight excluding hydrogens is 414 g/mol. The van der Waals surface area contributed by atoms with Crippen LogP contribution in [0.1, 0.15) is 34.6 Å². The molecule has 0 bridgehead atoms.